The van der Waals surface area contributed by atoms with Gasteiger partial charge >= 0.3 is 6.03 Å². The van der Waals surface area contributed by atoms with Gasteiger partial charge in [-0.2, -0.15) is 0 Å². The highest BCUT2D eigenvalue weighted by Gasteiger charge is 2.41. The van der Waals surface area contributed by atoms with E-state index in [-0.39, 0.29) is 29.9 Å². The van der Waals surface area contributed by atoms with Crippen LogP contribution in [0.15, 0.2) is 48.5 Å². The van der Waals surface area contributed by atoms with E-state index in [4.69, 9.17) is 23.1 Å². The number of carbonyl (C=O) groups is 2. The number of hydrogen-bond donors (Lipinski definition) is 2. The lowest BCUT2D eigenvalue weighted by molar-refractivity contribution is 0.100. The molecule has 1 aliphatic carbocycles. The number of carbonyl (C=O) groups excluding carboxylic acids is 2. The normalized spacial score (nSPS) is 23.5. The fourth-order valence-corrected chi connectivity index (χ4v) is 5.02. The molecule has 2 aromatic carbocycles. The summed E-state index contributed by atoms with van der Waals surface area (Å²) in [7, 11) is 0. The average Bonchev–Trinajstić information content (AvgIpc) is 3.15. The van der Waals surface area contributed by atoms with Crippen molar-refractivity contribution in [1.82, 2.24) is 4.90 Å². The second-order valence-electron chi connectivity index (χ2n) is 8.26. The Kier molecular flexibility index (Phi) is 7.14. The summed E-state index contributed by atoms with van der Waals surface area (Å²) in [5.74, 6) is -0.471. The Morgan fingerprint density at radius 2 is 1.77 bits per heavy atom. The number of rotatable bonds is 5. The topological polar surface area (TPSA) is 92.7 Å². The summed E-state index contributed by atoms with van der Waals surface area (Å²) in [6.07, 6.45) is 3.71. The van der Waals surface area contributed by atoms with Crippen molar-refractivity contribution in [1.29, 1.82) is 0 Å². The molecule has 3 amide bonds. The maximum atomic E-state index is 13.1. The Hall–Kier alpha value is -2.28. The highest BCUT2D eigenvalue weighted by atomic mass is 35.5. The summed E-state index contributed by atoms with van der Waals surface area (Å²) < 4.78 is 0. The van der Waals surface area contributed by atoms with Crippen LogP contribution in [-0.2, 0) is 5.41 Å². The molecular weight excluding hydrogens is 435 g/mol. The van der Waals surface area contributed by atoms with Gasteiger partial charge in [-0.15, -0.1) is 12.4 Å². The van der Waals surface area contributed by atoms with Gasteiger partial charge in [-0.1, -0.05) is 23.7 Å². The molecule has 1 saturated heterocycles. The van der Waals surface area contributed by atoms with Crippen LogP contribution in [0.5, 0.6) is 0 Å². The first-order valence-corrected chi connectivity index (χ1v) is 10.8. The van der Waals surface area contributed by atoms with E-state index >= 15 is 0 Å². The molecule has 166 valence electrons. The van der Waals surface area contributed by atoms with Gasteiger partial charge in [-0.25, -0.2) is 4.79 Å². The van der Waals surface area contributed by atoms with Crippen molar-refractivity contribution in [2.75, 3.05) is 24.5 Å². The third-order valence-corrected chi connectivity index (χ3v) is 6.92. The number of benzene rings is 2. The van der Waals surface area contributed by atoms with Gasteiger partial charge in [-0.3, -0.25) is 9.69 Å². The van der Waals surface area contributed by atoms with Crippen molar-refractivity contribution in [3.63, 3.8) is 0 Å². The minimum absolute atomic E-state index is 0. The molecule has 2 fully saturated rings. The number of hydrogen-bond acceptors (Lipinski definition) is 3. The van der Waals surface area contributed by atoms with Crippen LogP contribution in [0.1, 0.15) is 41.6 Å². The maximum Gasteiger partial charge on any atom is 0.324 e. The van der Waals surface area contributed by atoms with E-state index in [0.717, 1.165) is 36.4 Å². The lowest BCUT2D eigenvalue weighted by atomic mass is 9.68. The summed E-state index contributed by atoms with van der Waals surface area (Å²) in [5.41, 5.74) is 13.9. The minimum Gasteiger partial charge on any atom is -0.366 e. The van der Waals surface area contributed by atoms with E-state index in [1.54, 1.807) is 29.2 Å². The van der Waals surface area contributed by atoms with Crippen molar-refractivity contribution in [2.45, 2.75) is 37.1 Å². The van der Waals surface area contributed by atoms with Crippen LogP contribution in [0.25, 0.3) is 0 Å². The van der Waals surface area contributed by atoms with Crippen LogP contribution < -0.4 is 16.4 Å². The van der Waals surface area contributed by atoms with Crippen molar-refractivity contribution >= 4 is 41.6 Å². The lowest BCUT2D eigenvalue weighted by Crippen LogP contribution is -2.46. The van der Waals surface area contributed by atoms with E-state index in [9.17, 15) is 9.59 Å². The van der Waals surface area contributed by atoms with Crippen LogP contribution in [0, 0.1) is 0 Å². The second kappa shape index (κ2) is 9.47. The van der Waals surface area contributed by atoms with Crippen molar-refractivity contribution in [2.24, 2.45) is 11.5 Å². The van der Waals surface area contributed by atoms with E-state index in [0.29, 0.717) is 25.2 Å². The first kappa shape index (κ1) is 23.4. The quantitative estimate of drug-likeness (QED) is 0.704. The highest BCUT2D eigenvalue weighted by Crippen LogP contribution is 2.41. The predicted molar refractivity (Wildman–Crippen MR) is 126 cm³/mol. The molecule has 2 aliphatic rings. The molecule has 0 bridgehead atoms. The van der Waals surface area contributed by atoms with Gasteiger partial charge in [0.15, 0.2) is 0 Å². The molecule has 2 aromatic rings. The van der Waals surface area contributed by atoms with Gasteiger partial charge in [0.2, 0.25) is 5.91 Å². The Bertz CT molecular complexity index is 943. The molecule has 1 saturated carbocycles. The monoisotopic (exact) mass is 462 g/mol. The van der Waals surface area contributed by atoms with Gasteiger partial charge in [0, 0.05) is 47.4 Å². The third-order valence-electron chi connectivity index (χ3n) is 6.69. The summed E-state index contributed by atoms with van der Waals surface area (Å²) in [6.45, 7) is 1.92. The van der Waals surface area contributed by atoms with Crippen LogP contribution in [-0.4, -0.2) is 42.5 Å². The van der Waals surface area contributed by atoms with Gasteiger partial charge in [0.05, 0.1) is 0 Å². The Morgan fingerprint density at radius 1 is 1.10 bits per heavy atom. The standard InChI is InChI=1S/C23H27ClN4O2.ClH/c24-18-3-1-2-17(14-18)23(15-25)10-8-20(9-11-23)28-13-12-27(22(28)30)19-6-4-16(5-7-19)21(26)29;/h1-7,14,20H,8-13,15,25H2,(H2,26,29);1H/t20-,23+;. The smallest absolute Gasteiger partial charge is 0.324 e. The largest absolute Gasteiger partial charge is 0.366 e. The zero-order valence-electron chi connectivity index (χ0n) is 17.3. The van der Waals surface area contributed by atoms with Gasteiger partial charge in [0.1, 0.15) is 0 Å². The van der Waals surface area contributed by atoms with E-state index in [1.807, 2.05) is 23.1 Å². The Balaban J connectivity index is 0.00000272. The molecule has 1 heterocycles. The Morgan fingerprint density at radius 3 is 2.35 bits per heavy atom. The van der Waals surface area contributed by atoms with Crippen molar-refractivity contribution in [3.05, 3.63) is 64.7 Å². The third kappa shape index (κ3) is 4.52. The van der Waals surface area contributed by atoms with Crippen LogP contribution in [0.4, 0.5) is 10.5 Å². The number of anilines is 1. The van der Waals surface area contributed by atoms with Crippen LogP contribution in [0.2, 0.25) is 5.02 Å². The molecule has 31 heavy (non-hydrogen) atoms. The van der Waals surface area contributed by atoms with Crippen LogP contribution in [0.3, 0.4) is 0 Å². The second-order valence-corrected chi connectivity index (χ2v) is 8.70. The molecule has 0 unspecified atom stereocenters. The predicted octanol–water partition coefficient (Wildman–Crippen LogP) is 3.94. The average molecular weight is 463 g/mol. The molecule has 0 spiro atoms. The van der Waals surface area contributed by atoms with Crippen molar-refractivity contribution < 1.29 is 9.59 Å². The van der Waals surface area contributed by atoms with Gasteiger partial charge < -0.3 is 16.4 Å². The summed E-state index contributed by atoms with van der Waals surface area (Å²) >= 11 is 6.21. The molecule has 0 radical (unpaired) electrons. The fraction of sp³-hybridized carbons (Fsp3) is 0.391. The minimum atomic E-state index is -0.471. The molecular formula is C23H28Cl2N4O2. The SMILES string of the molecule is Cl.NC[C@]1(c2cccc(Cl)c2)CC[C@@H](N2CCN(c3ccc(C(N)=O)cc3)C2=O)CC1. The zero-order valence-corrected chi connectivity index (χ0v) is 18.9. The summed E-state index contributed by atoms with van der Waals surface area (Å²) in [4.78, 5) is 28.1. The van der Waals surface area contributed by atoms with E-state index < -0.39 is 5.91 Å². The molecule has 0 aromatic heterocycles. The summed E-state index contributed by atoms with van der Waals surface area (Å²) in [6, 6.07) is 15.1. The number of amides is 3. The van der Waals surface area contributed by atoms with E-state index in [2.05, 4.69) is 6.07 Å². The molecule has 1 aliphatic heterocycles. The zero-order chi connectivity index (χ0) is 21.3. The molecule has 4 rings (SSSR count). The maximum absolute atomic E-state index is 13.1. The van der Waals surface area contributed by atoms with E-state index in [1.165, 1.54) is 5.56 Å². The number of nitrogens with zero attached hydrogens (tertiary/aromatic N) is 2. The number of primary amides is 1. The molecule has 6 nitrogen and oxygen atoms in total. The number of urea groups is 1. The lowest BCUT2D eigenvalue weighted by Gasteiger charge is -2.42. The molecule has 4 N–H and O–H groups in total. The van der Waals surface area contributed by atoms with Crippen LogP contribution >= 0.6 is 24.0 Å². The number of halogens is 2. The molecule has 8 heteroatoms. The first-order chi connectivity index (χ1) is 14.4. The fourth-order valence-electron chi connectivity index (χ4n) is 4.83. The molecule has 0 atom stereocenters. The van der Waals surface area contributed by atoms with Gasteiger partial charge in [-0.05, 0) is 67.6 Å². The number of nitrogens with two attached hydrogens (primary N) is 2. The van der Waals surface area contributed by atoms with Crippen molar-refractivity contribution in [3.8, 4) is 0 Å². The first-order valence-electron chi connectivity index (χ1n) is 10.4. The highest BCUT2D eigenvalue weighted by molar-refractivity contribution is 6.30. The summed E-state index contributed by atoms with van der Waals surface area (Å²) in [5, 5.41) is 0.732. The van der Waals surface area contributed by atoms with Gasteiger partial charge in [0.25, 0.3) is 0 Å². The Labute approximate surface area is 193 Å².